The highest BCUT2D eigenvalue weighted by molar-refractivity contribution is 7.16. The SMILES string of the molecule is CCNC(Cc1ccc(Cl)s1)c1ccc(C)c(C)c1. The Morgan fingerprint density at radius 1 is 1.16 bits per heavy atom. The van der Waals surface area contributed by atoms with Gasteiger partial charge in [0.25, 0.3) is 0 Å². The topological polar surface area (TPSA) is 12.0 Å². The minimum Gasteiger partial charge on any atom is -0.310 e. The molecule has 2 rings (SSSR count). The lowest BCUT2D eigenvalue weighted by atomic mass is 9.98. The second kappa shape index (κ2) is 6.56. The molecule has 0 amide bonds. The summed E-state index contributed by atoms with van der Waals surface area (Å²) in [6, 6.07) is 11.2. The maximum absolute atomic E-state index is 6.01. The standard InChI is InChI=1S/C16H20ClNS/c1-4-18-15(10-14-7-8-16(17)19-14)13-6-5-11(2)12(3)9-13/h5-9,15,18H,4,10H2,1-3H3. The van der Waals surface area contributed by atoms with Gasteiger partial charge in [0.15, 0.2) is 0 Å². The number of rotatable bonds is 5. The van der Waals surface area contributed by atoms with Crippen molar-refractivity contribution in [3.63, 3.8) is 0 Å². The normalized spacial score (nSPS) is 12.6. The maximum Gasteiger partial charge on any atom is 0.0931 e. The van der Waals surface area contributed by atoms with E-state index in [1.54, 1.807) is 11.3 Å². The number of halogens is 1. The molecule has 0 spiro atoms. The summed E-state index contributed by atoms with van der Waals surface area (Å²) in [5.74, 6) is 0. The van der Waals surface area contributed by atoms with Crippen LogP contribution in [0.15, 0.2) is 30.3 Å². The molecule has 0 aliphatic carbocycles. The van der Waals surface area contributed by atoms with Gasteiger partial charge in [-0.05, 0) is 49.2 Å². The van der Waals surface area contributed by atoms with Gasteiger partial charge in [-0.2, -0.15) is 0 Å². The Kier molecular flexibility index (Phi) is 5.03. The van der Waals surface area contributed by atoms with Crippen molar-refractivity contribution in [1.82, 2.24) is 5.32 Å². The molecule has 3 heteroatoms. The highest BCUT2D eigenvalue weighted by atomic mass is 35.5. The lowest BCUT2D eigenvalue weighted by Crippen LogP contribution is -2.22. The molecule has 1 atom stereocenters. The van der Waals surface area contributed by atoms with E-state index in [4.69, 9.17) is 11.6 Å². The fourth-order valence-electron chi connectivity index (χ4n) is 2.20. The van der Waals surface area contributed by atoms with E-state index in [9.17, 15) is 0 Å². The van der Waals surface area contributed by atoms with Crippen molar-refractivity contribution in [3.8, 4) is 0 Å². The third-order valence-corrected chi connectivity index (χ3v) is 4.67. The first-order valence-electron chi connectivity index (χ1n) is 6.65. The van der Waals surface area contributed by atoms with Gasteiger partial charge >= 0.3 is 0 Å². The fourth-order valence-corrected chi connectivity index (χ4v) is 3.33. The third-order valence-electron chi connectivity index (χ3n) is 3.42. The summed E-state index contributed by atoms with van der Waals surface area (Å²) >= 11 is 7.68. The first-order chi connectivity index (χ1) is 9.10. The monoisotopic (exact) mass is 293 g/mol. The lowest BCUT2D eigenvalue weighted by Gasteiger charge is -2.18. The van der Waals surface area contributed by atoms with Crippen LogP contribution in [0.5, 0.6) is 0 Å². The fraction of sp³-hybridized carbons (Fsp3) is 0.375. The predicted molar refractivity (Wildman–Crippen MR) is 85.4 cm³/mol. The summed E-state index contributed by atoms with van der Waals surface area (Å²) in [5.41, 5.74) is 4.05. The van der Waals surface area contributed by atoms with Crippen LogP contribution in [-0.2, 0) is 6.42 Å². The summed E-state index contributed by atoms with van der Waals surface area (Å²) in [6.45, 7) is 7.44. The second-order valence-corrected chi connectivity index (χ2v) is 6.66. The van der Waals surface area contributed by atoms with Gasteiger partial charge in [-0.3, -0.25) is 0 Å². The Bertz CT molecular complexity index is 547. The van der Waals surface area contributed by atoms with E-state index in [1.165, 1.54) is 21.6 Å². The quantitative estimate of drug-likeness (QED) is 0.826. The van der Waals surface area contributed by atoms with E-state index in [0.717, 1.165) is 17.3 Å². The molecule has 1 aromatic heterocycles. The molecule has 0 aliphatic heterocycles. The van der Waals surface area contributed by atoms with E-state index >= 15 is 0 Å². The van der Waals surface area contributed by atoms with E-state index in [2.05, 4.69) is 50.4 Å². The molecule has 0 saturated heterocycles. The van der Waals surface area contributed by atoms with Crippen LogP contribution >= 0.6 is 22.9 Å². The molecule has 19 heavy (non-hydrogen) atoms. The van der Waals surface area contributed by atoms with Crippen LogP contribution in [0.25, 0.3) is 0 Å². The summed E-state index contributed by atoms with van der Waals surface area (Å²) < 4.78 is 0.866. The van der Waals surface area contributed by atoms with Gasteiger partial charge in [0.1, 0.15) is 0 Å². The third kappa shape index (κ3) is 3.82. The number of benzene rings is 1. The van der Waals surface area contributed by atoms with Gasteiger partial charge in [-0.25, -0.2) is 0 Å². The van der Waals surface area contributed by atoms with Gasteiger partial charge in [-0.1, -0.05) is 36.7 Å². The number of hydrogen-bond acceptors (Lipinski definition) is 2. The average molecular weight is 294 g/mol. The first-order valence-corrected chi connectivity index (χ1v) is 7.84. The Balaban J connectivity index is 2.21. The summed E-state index contributed by atoms with van der Waals surface area (Å²) in [5, 5.41) is 3.57. The van der Waals surface area contributed by atoms with E-state index in [1.807, 2.05) is 6.07 Å². The lowest BCUT2D eigenvalue weighted by molar-refractivity contribution is 0.553. The maximum atomic E-state index is 6.01. The molecule has 1 N–H and O–H groups in total. The summed E-state index contributed by atoms with van der Waals surface area (Å²) in [6.07, 6.45) is 0.994. The van der Waals surface area contributed by atoms with Crippen LogP contribution in [0.1, 0.15) is 34.5 Å². The molecule has 1 aromatic carbocycles. The zero-order valence-electron chi connectivity index (χ0n) is 11.7. The molecule has 0 aliphatic rings. The summed E-state index contributed by atoms with van der Waals surface area (Å²) in [4.78, 5) is 1.33. The van der Waals surface area contributed by atoms with Crippen molar-refractivity contribution in [3.05, 3.63) is 56.2 Å². The number of hydrogen-bond donors (Lipinski definition) is 1. The largest absolute Gasteiger partial charge is 0.310 e. The van der Waals surface area contributed by atoms with Crippen LogP contribution in [0.4, 0.5) is 0 Å². The van der Waals surface area contributed by atoms with Crippen molar-refractivity contribution >= 4 is 22.9 Å². The minimum atomic E-state index is 0.360. The number of nitrogens with one attached hydrogen (secondary N) is 1. The molecule has 2 aromatic rings. The van der Waals surface area contributed by atoms with Gasteiger partial charge in [0.05, 0.1) is 4.34 Å². The highest BCUT2D eigenvalue weighted by Crippen LogP contribution is 2.27. The predicted octanol–water partition coefficient (Wildman–Crippen LogP) is 4.91. The van der Waals surface area contributed by atoms with Crippen LogP contribution in [-0.4, -0.2) is 6.54 Å². The zero-order chi connectivity index (χ0) is 13.8. The highest BCUT2D eigenvalue weighted by Gasteiger charge is 2.13. The molecule has 0 fully saturated rings. The van der Waals surface area contributed by atoms with Crippen molar-refractivity contribution in [2.45, 2.75) is 33.2 Å². The van der Waals surface area contributed by atoms with E-state index in [0.29, 0.717) is 6.04 Å². The molecule has 0 radical (unpaired) electrons. The Morgan fingerprint density at radius 3 is 2.53 bits per heavy atom. The smallest absolute Gasteiger partial charge is 0.0931 e. The molecular weight excluding hydrogens is 274 g/mol. The van der Waals surface area contributed by atoms with Gasteiger partial charge < -0.3 is 5.32 Å². The second-order valence-electron chi connectivity index (χ2n) is 4.86. The summed E-state index contributed by atoms with van der Waals surface area (Å²) in [7, 11) is 0. The van der Waals surface area contributed by atoms with Crippen LogP contribution in [0, 0.1) is 13.8 Å². The van der Waals surface area contributed by atoms with Crippen LogP contribution in [0.3, 0.4) is 0 Å². The zero-order valence-corrected chi connectivity index (χ0v) is 13.2. The van der Waals surface area contributed by atoms with Gasteiger partial charge in [-0.15, -0.1) is 11.3 Å². The van der Waals surface area contributed by atoms with Crippen molar-refractivity contribution in [2.75, 3.05) is 6.54 Å². The first kappa shape index (κ1) is 14.6. The number of thiophene rings is 1. The van der Waals surface area contributed by atoms with Crippen LogP contribution in [0.2, 0.25) is 4.34 Å². The minimum absolute atomic E-state index is 0.360. The number of likely N-dealkylation sites (N-methyl/N-ethyl adjacent to an activating group) is 1. The van der Waals surface area contributed by atoms with Gasteiger partial charge in [0, 0.05) is 17.3 Å². The molecule has 1 heterocycles. The van der Waals surface area contributed by atoms with Crippen molar-refractivity contribution < 1.29 is 0 Å². The Morgan fingerprint density at radius 2 is 1.95 bits per heavy atom. The van der Waals surface area contributed by atoms with Crippen LogP contribution < -0.4 is 5.32 Å². The molecule has 102 valence electrons. The van der Waals surface area contributed by atoms with Gasteiger partial charge in [0.2, 0.25) is 0 Å². The molecule has 0 saturated carbocycles. The molecule has 1 unspecified atom stereocenters. The Hall–Kier alpha value is -0.830. The van der Waals surface area contributed by atoms with E-state index < -0.39 is 0 Å². The molecular formula is C16H20ClNS. The number of aryl methyl sites for hydroxylation is 2. The molecule has 0 bridgehead atoms. The molecule has 1 nitrogen and oxygen atoms in total. The Labute approximate surface area is 124 Å². The van der Waals surface area contributed by atoms with Crippen molar-refractivity contribution in [1.29, 1.82) is 0 Å². The van der Waals surface area contributed by atoms with E-state index in [-0.39, 0.29) is 0 Å². The average Bonchev–Trinajstić information content (AvgIpc) is 2.78. The van der Waals surface area contributed by atoms with Crippen molar-refractivity contribution in [2.24, 2.45) is 0 Å².